The lowest BCUT2D eigenvalue weighted by Gasteiger charge is -1.91. The van der Waals surface area contributed by atoms with Gasteiger partial charge in [-0.25, -0.2) is 9.59 Å². The van der Waals surface area contributed by atoms with Crippen LogP contribution in [0.4, 0.5) is 0 Å². The molecule has 0 rings (SSSR count). The summed E-state index contributed by atoms with van der Waals surface area (Å²) in [5, 5.41) is 15.7. The summed E-state index contributed by atoms with van der Waals surface area (Å²) in [4.78, 5) is 20.0. The molecule has 0 fully saturated rings. The van der Waals surface area contributed by atoms with Crippen molar-refractivity contribution in [3.05, 3.63) is 22.2 Å². The molecule has 0 atom stereocenters. The first-order valence-corrected chi connectivity index (χ1v) is 3.39. The largest absolute Gasteiger partial charge is 0.478 e. The summed E-state index contributed by atoms with van der Waals surface area (Å²) in [5.41, 5.74) is 0. The van der Waals surface area contributed by atoms with E-state index in [0.717, 1.165) is 0 Å². The lowest BCUT2D eigenvalue weighted by molar-refractivity contribution is -0.132. The fourth-order valence-corrected chi connectivity index (χ4v) is 0.650. The van der Waals surface area contributed by atoms with Crippen LogP contribution in [0.2, 0.25) is 0 Å². The quantitative estimate of drug-likeness (QED) is 0.546. The standard InChI is InChI=1S/C6H4Cl2O4/c7-3(1-5(9)10)4(8)2-6(11)12/h1-2H,(H,9,10)(H,11,12)/b3-1+,4-2+. The molecule has 0 aliphatic rings. The number of allylic oxidation sites excluding steroid dienone is 2. The van der Waals surface area contributed by atoms with Gasteiger partial charge < -0.3 is 10.2 Å². The Morgan fingerprint density at radius 2 is 1.17 bits per heavy atom. The summed E-state index contributed by atoms with van der Waals surface area (Å²) in [6.45, 7) is 0. The molecule has 0 amide bonds. The van der Waals surface area contributed by atoms with Gasteiger partial charge in [-0.2, -0.15) is 0 Å². The minimum Gasteiger partial charge on any atom is -0.478 e. The molecule has 0 aromatic heterocycles. The highest BCUT2D eigenvalue weighted by atomic mass is 35.5. The van der Waals surface area contributed by atoms with Crippen molar-refractivity contribution in [1.82, 2.24) is 0 Å². The van der Waals surface area contributed by atoms with E-state index in [4.69, 9.17) is 33.4 Å². The van der Waals surface area contributed by atoms with Crippen LogP contribution in [0.3, 0.4) is 0 Å². The average molecular weight is 211 g/mol. The summed E-state index contributed by atoms with van der Waals surface area (Å²) in [7, 11) is 0. The first-order valence-electron chi connectivity index (χ1n) is 2.64. The highest BCUT2D eigenvalue weighted by Crippen LogP contribution is 2.18. The van der Waals surface area contributed by atoms with Gasteiger partial charge >= 0.3 is 11.9 Å². The molecule has 0 aromatic carbocycles. The molecule has 66 valence electrons. The van der Waals surface area contributed by atoms with Gasteiger partial charge in [-0.15, -0.1) is 0 Å². The van der Waals surface area contributed by atoms with E-state index in [9.17, 15) is 9.59 Å². The maximum Gasteiger partial charge on any atom is 0.329 e. The summed E-state index contributed by atoms with van der Waals surface area (Å²) < 4.78 is 0. The Balaban J connectivity index is 4.59. The number of halogens is 2. The second-order valence-electron chi connectivity index (χ2n) is 1.66. The van der Waals surface area contributed by atoms with Crippen molar-refractivity contribution < 1.29 is 19.8 Å². The summed E-state index contributed by atoms with van der Waals surface area (Å²) in [6, 6.07) is 0. The SMILES string of the molecule is O=C(O)/C=C(Cl)\C(Cl)=C/C(=O)O. The third-order valence-electron chi connectivity index (χ3n) is 0.729. The van der Waals surface area contributed by atoms with Gasteiger partial charge in [-0.3, -0.25) is 0 Å². The molecule has 0 bridgehead atoms. The highest BCUT2D eigenvalue weighted by Gasteiger charge is 2.03. The molecule has 12 heavy (non-hydrogen) atoms. The first-order chi connectivity index (χ1) is 5.43. The van der Waals surface area contributed by atoms with Crippen molar-refractivity contribution in [2.75, 3.05) is 0 Å². The fraction of sp³-hybridized carbons (Fsp3) is 0. The molecule has 0 aromatic rings. The summed E-state index contributed by atoms with van der Waals surface area (Å²) in [5.74, 6) is -2.59. The Hall–Kier alpha value is -1.00. The number of hydrogen-bond acceptors (Lipinski definition) is 2. The van der Waals surface area contributed by atoms with Crippen molar-refractivity contribution in [3.8, 4) is 0 Å². The number of aliphatic carboxylic acids is 2. The Morgan fingerprint density at radius 3 is 1.33 bits per heavy atom. The molecule has 0 saturated heterocycles. The number of carboxylic acid groups (broad SMARTS) is 2. The molecule has 0 unspecified atom stereocenters. The molecule has 0 aliphatic carbocycles. The molecule has 0 heterocycles. The molecule has 4 nitrogen and oxygen atoms in total. The van der Waals surface area contributed by atoms with Crippen LogP contribution in [0.5, 0.6) is 0 Å². The van der Waals surface area contributed by atoms with Crippen LogP contribution in [-0.2, 0) is 9.59 Å². The molecule has 0 aliphatic heterocycles. The van der Waals surface area contributed by atoms with Gasteiger partial charge in [-0.05, 0) is 0 Å². The van der Waals surface area contributed by atoms with Crippen LogP contribution in [0.1, 0.15) is 0 Å². The highest BCUT2D eigenvalue weighted by molar-refractivity contribution is 6.45. The van der Waals surface area contributed by atoms with Gasteiger partial charge in [0, 0.05) is 12.2 Å². The number of hydrogen-bond donors (Lipinski definition) is 2. The van der Waals surface area contributed by atoms with Gasteiger partial charge in [-0.1, -0.05) is 23.2 Å². The van der Waals surface area contributed by atoms with Crippen LogP contribution in [0.15, 0.2) is 22.2 Å². The zero-order chi connectivity index (χ0) is 9.72. The van der Waals surface area contributed by atoms with E-state index in [2.05, 4.69) is 0 Å². The van der Waals surface area contributed by atoms with E-state index in [1.54, 1.807) is 0 Å². The van der Waals surface area contributed by atoms with Crippen LogP contribution < -0.4 is 0 Å². The predicted octanol–water partition coefficient (Wildman–Crippen LogP) is 1.40. The van der Waals surface area contributed by atoms with Crippen molar-refractivity contribution >= 4 is 35.1 Å². The van der Waals surface area contributed by atoms with Crippen molar-refractivity contribution in [2.45, 2.75) is 0 Å². The van der Waals surface area contributed by atoms with E-state index in [1.807, 2.05) is 0 Å². The molecular formula is C6H4Cl2O4. The summed E-state index contributed by atoms with van der Waals surface area (Å²) >= 11 is 10.6. The average Bonchev–Trinajstić information content (AvgIpc) is 1.84. The molecule has 2 N–H and O–H groups in total. The normalized spacial score (nSPS) is 12.8. The minimum atomic E-state index is -1.29. The Labute approximate surface area is 77.7 Å². The number of carbonyl (C=O) groups is 2. The Kier molecular flexibility index (Phi) is 4.39. The monoisotopic (exact) mass is 210 g/mol. The molecule has 6 heteroatoms. The van der Waals surface area contributed by atoms with Crippen molar-refractivity contribution in [3.63, 3.8) is 0 Å². The second-order valence-corrected chi connectivity index (χ2v) is 2.48. The zero-order valence-corrected chi connectivity index (χ0v) is 7.13. The molecular weight excluding hydrogens is 207 g/mol. The van der Waals surface area contributed by atoms with Crippen LogP contribution in [0.25, 0.3) is 0 Å². The van der Waals surface area contributed by atoms with Gasteiger partial charge in [0.05, 0.1) is 10.1 Å². The van der Waals surface area contributed by atoms with Gasteiger partial charge in [0.1, 0.15) is 0 Å². The fourth-order valence-electron chi connectivity index (χ4n) is 0.355. The van der Waals surface area contributed by atoms with Gasteiger partial charge in [0.25, 0.3) is 0 Å². The maximum absolute atomic E-state index is 10.0. The minimum absolute atomic E-state index is 0.327. The molecule has 0 saturated carbocycles. The number of carboxylic acids is 2. The second kappa shape index (κ2) is 4.79. The Morgan fingerprint density at radius 1 is 0.917 bits per heavy atom. The summed E-state index contributed by atoms with van der Waals surface area (Å²) in [6.07, 6.45) is 1.20. The lowest BCUT2D eigenvalue weighted by atomic mass is 10.4. The van der Waals surface area contributed by atoms with Gasteiger partial charge in [0.15, 0.2) is 0 Å². The molecule has 0 spiro atoms. The van der Waals surface area contributed by atoms with Crippen molar-refractivity contribution in [2.24, 2.45) is 0 Å². The third-order valence-corrected chi connectivity index (χ3v) is 1.45. The van der Waals surface area contributed by atoms with E-state index in [-0.39, 0.29) is 10.1 Å². The topological polar surface area (TPSA) is 74.6 Å². The van der Waals surface area contributed by atoms with Crippen molar-refractivity contribution in [1.29, 1.82) is 0 Å². The van der Waals surface area contributed by atoms with E-state index >= 15 is 0 Å². The van der Waals surface area contributed by atoms with E-state index in [0.29, 0.717) is 12.2 Å². The predicted molar refractivity (Wildman–Crippen MR) is 43.1 cm³/mol. The van der Waals surface area contributed by atoms with Crippen LogP contribution in [-0.4, -0.2) is 22.2 Å². The van der Waals surface area contributed by atoms with E-state index in [1.165, 1.54) is 0 Å². The maximum atomic E-state index is 10.0. The smallest absolute Gasteiger partial charge is 0.329 e. The number of rotatable bonds is 3. The van der Waals surface area contributed by atoms with Crippen LogP contribution in [0, 0.1) is 0 Å². The van der Waals surface area contributed by atoms with Gasteiger partial charge in [0.2, 0.25) is 0 Å². The Bertz CT molecular complexity index is 239. The zero-order valence-electron chi connectivity index (χ0n) is 5.62. The lowest BCUT2D eigenvalue weighted by Crippen LogP contribution is -1.92. The third kappa shape index (κ3) is 4.76. The first kappa shape index (κ1) is 11.0. The molecule has 0 radical (unpaired) electrons. The van der Waals surface area contributed by atoms with Crippen LogP contribution >= 0.6 is 23.2 Å². The van der Waals surface area contributed by atoms with E-state index < -0.39 is 11.9 Å².